The van der Waals surface area contributed by atoms with Crippen LogP contribution in [0.25, 0.3) is 0 Å². The van der Waals surface area contributed by atoms with Crippen molar-refractivity contribution in [2.24, 2.45) is 0 Å². The van der Waals surface area contributed by atoms with Crippen LogP contribution in [0.1, 0.15) is 33.5 Å². The van der Waals surface area contributed by atoms with E-state index in [0.29, 0.717) is 25.2 Å². The van der Waals surface area contributed by atoms with Crippen LogP contribution in [-0.2, 0) is 13.1 Å². The summed E-state index contributed by atoms with van der Waals surface area (Å²) in [7, 11) is 1.62. The van der Waals surface area contributed by atoms with Gasteiger partial charge in [-0.3, -0.25) is 9.69 Å². The number of nitrogens with zero attached hydrogens (tertiary/aromatic N) is 2. The first-order valence-electron chi connectivity index (χ1n) is 11.2. The van der Waals surface area contributed by atoms with Gasteiger partial charge in [-0.25, -0.2) is 4.79 Å². The molecule has 0 aromatic heterocycles. The Morgan fingerprint density at radius 3 is 2.58 bits per heavy atom. The molecule has 0 saturated carbocycles. The molecule has 33 heavy (non-hydrogen) atoms. The van der Waals surface area contributed by atoms with Crippen molar-refractivity contribution in [2.45, 2.75) is 26.4 Å². The molecule has 1 N–H and O–H groups in total. The molecular formula is C27H29N3O3. The molecule has 6 heteroatoms. The Bertz CT molecular complexity index is 1140. The third-order valence-corrected chi connectivity index (χ3v) is 5.77. The molecular weight excluding hydrogens is 414 g/mol. The number of rotatable bonds is 7. The lowest BCUT2D eigenvalue weighted by atomic mass is 10.1. The molecule has 0 spiro atoms. The maximum atomic E-state index is 13.2. The third-order valence-electron chi connectivity index (χ3n) is 5.77. The summed E-state index contributed by atoms with van der Waals surface area (Å²) in [5, 5.41) is 2.95. The van der Waals surface area contributed by atoms with Gasteiger partial charge in [0.25, 0.3) is 5.91 Å². The Balaban J connectivity index is 1.43. The SMILES string of the molecule is COc1cccc(CNC(=O)c2cccc(N3CCCN(Cc4cccc(C)c4)C3=O)c2)c1. The molecule has 4 rings (SSSR count). The highest BCUT2D eigenvalue weighted by molar-refractivity contribution is 5.98. The predicted molar refractivity (Wildman–Crippen MR) is 130 cm³/mol. The molecule has 3 aromatic rings. The second-order valence-corrected chi connectivity index (χ2v) is 8.28. The smallest absolute Gasteiger partial charge is 0.324 e. The molecule has 0 aliphatic carbocycles. The number of anilines is 1. The van der Waals surface area contributed by atoms with Crippen LogP contribution in [0.15, 0.2) is 72.8 Å². The lowest BCUT2D eigenvalue weighted by molar-refractivity contribution is 0.0950. The minimum atomic E-state index is -0.180. The van der Waals surface area contributed by atoms with E-state index < -0.39 is 0 Å². The van der Waals surface area contributed by atoms with Crippen molar-refractivity contribution in [3.8, 4) is 5.75 Å². The Labute approximate surface area is 194 Å². The van der Waals surface area contributed by atoms with Crippen molar-refractivity contribution in [1.82, 2.24) is 10.2 Å². The zero-order chi connectivity index (χ0) is 23.2. The van der Waals surface area contributed by atoms with Crippen molar-refractivity contribution in [2.75, 3.05) is 25.1 Å². The van der Waals surface area contributed by atoms with E-state index in [2.05, 4.69) is 24.4 Å². The van der Waals surface area contributed by atoms with Gasteiger partial charge in [0, 0.05) is 37.4 Å². The van der Waals surface area contributed by atoms with E-state index in [9.17, 15) is 9.59 Å². The summed E-state index contributed by atoms with van der Waals surface area (Å²) in [6.07, 6.45) is 0.879. The van der Waals surface area contributed by atoms with Crippen LogP contribution in [0.2, 0.25) is 0 Å². The van der Waals surface area contributed by atoms with E-state index in [0.717, 1.165) is 35.5 Å². The number of amides is 3. The lowest BCUT2D eigenvalue weighted by Gasteiger charge is -2.36. The Morgan fingerprint density at radius 2 is 1.76 bits per heavy atom. The van der Waals surface area contributed by atoms with Gasteiger partial charge in [-0.2, -0.15) is 0 Å². The van der Waals surface area contributed by atoms with Crippen LogP contribution in [-0.4, -0.2) is 37.0 Å². The second kappa shape index (κ2) is 10.2. The summed E-state index contributed by atoms with van der Waals surface area (Å²) >= 11 is 0. The fraction of sp³-hybridized carbons (Fsp3) is 0.259. The topological polar surface area (TPSA) is 61.9 Å². The van der Waals surface area contributed by atoms with Crippen molar-refractivity contribution in [1.29, 1.82) is 0 Å². The zero-order valence-electron chi connectivity index (χ0n) is 19.1. The number of benzene rings is 3. The average molecular weight is 444 g/mol. The fourth-order valence-corrected chi connectivity index (χ4v) is 4.08. The van der Waals surface area contributed by atoms with Crippen LogP contribution in [0.4, 0.5) is 10.5 Å². The molecule has 6 nitrogen and oxygen atoms in total. The summed E-state index contributed by atoms with van der Waals surface area (Å²) in [5.41, 5.74) is 4.52. The summed E-state index contributed by atoms with van der Waals surface area (Å²) < 4.78 is 5.24. The highest BCUT2D eigenvalue weighted by atomic mass is 16.5. The first-order valence-corrected chi connectivity index (χ1v) is 11.2. The highest BCUT2D eigenvalue weighted by Gasteiger charge is 2.27. The number of hydrogen-bond donors (Lipinski definition) is 1. The van der Waals surface area contributed by atoms with Gasteiger partial charge in [-0.1, -0.05) is 48.0 Å². The van der Waals surface area contributed by atoms with Crippen LogP contribution in [0, 0.1) is 6.92 Å². The molecule has 1 aliphatic rings. The zero-order valence-corrected chi connectivity index (χ0v) is 19.1. The number of carbonyl (C=O) groups is 2. The van der Waals surface area contributed by atoms with Gasteiger partial charge in [0.2, 0.25) is 0 Å². The summed E-state index contributed by atoms with van der Waals surface area (Å²) in [5.74, 6) is 0.573. The molecule has 0 atom stereocenters. The van der Waals surface area contributed by atoms with E-state index in [-0.39, 0.29) is 11.9 Å². The molecule has 170 valence electrons. The monoisotopic (exact) mass is 443 g/mol. The van der Waals surface area contributed by atoms with Crippen molar-refractivity contribution in [3.05, 3.63) is 95.1 Å². The van der Waals surface area contributed by atoms with E-state index in [1.165, 1.54) is 5.56 Å². The normalized spacial score (nSPS) is 13.7. The Kier molecular flexibility index (Phi) is 6.93. The average Bonchev–Trinajstić information content (AvgIpc) is 2.84. The molecule has 0 bridgehead atoms. The lowest BCUT2D eigenvalue weighted by Crippen LogP contribution is -2.49. The largest absolute Gasteiger partial charge is 0.497 e. The molecule has 0 unspecified atom stereocenters. The molecule has 1 aliphatic heterocycles. The number of ether oxygens (including phenoxy) is 1. The standard InChI is InChI=1S/C27H29N3O3/c1-20-7-3-9-22(15-20)19-29-13-6-14-30(27(29)32)24-11-5-10-23(17-24)26(31)28-18-21-8-4-12-25(16-21)33-2/h3-5,7-12,15-17H,6,13-14,18-19H2,1-2H3,(H,28,31). The van der Waals surface area contributed by atoms with Gasteiger partial charge in [0.05, 0.1) is 7.11 Å². The van der Waals surface area contributed by atoms with Crippen LogP contribution in [0.5, 0.6) is 5.75 Å². The maximum absolute atomic E-state index is 13.2. The van der Waals surface area contributed by atoms with E-state index >= 15 is 0 Å². The maximum Gasteiger partial charge on any atom is 0.324 e. The van der Waals surface area contributed by atoms with Crippen molar-refractivity contribution in [3.63, 3.8) is 0 Å². The Morgan fingerprint density at radius 1 is 0.970 bits per heavy atom. The number of urea groups is 1. The van der Waals surface area contributed by atoms with Crippen LogP contribution < -0.4 is 15.0 Å². The van der Waals surface area contributed by atoms with Gasteiger partial charge in [0.1, 0.15) is 5.75 Å². The predicted octanol–water partition coefficient (Wildman–Crippen LogP) is 4.77. The summed E-state index contributed by atoms with van der Waals surface area (Å²) in [4.78, 5) is 29.6. The number of aryl methyl sites for hydroxylation is 1. The van der Waals surface area contributed by atoms with Gasteiger partial charge >= 0.3 is 6.03 Å². The fourth-order valence-electron chi connectivity index (χ4n) is 4.08. The van der Waals surface area contributed by atoms with Gasteiger partial charge < -0.3 is 15.0 Å². The molecule has 1 heterocycles. The molecule has 1 fully saturated rings. The molecule has 1 saturated heterocycles. The minimum absolute atomic E-state index is 0.0308. The van der Waals surface area contributed by atoms with E-state index in [1.54, 1.807) is 24.1 Å². The quantitative estimate of drug-likeness (QED) is 0.572. The van der Waals surface area contributed by atoms with E-state index in [4.69, 9.17) is 4.74 Å². The number of hydrogen-bond acceptors (Lipinski definition) is 3. The summed E-state index contributed by atoms with van der Waals surface area (Å²) in [6, 6.07) is 23.1. The van der Waals surface area contributed by atoms with Crippen LogP contribution in [0.3, 0.4) is 0 Å². The van der Waals surface area contributed by atoms with Gasteiger partial charge in [0.15, 0.2) is 0 Å². The van der Waals surface area contributed by atoms with Gasteiger partial charge in [-0.15, -0.1) is 0 Å². The number of nitrogens with one attached hydrogen (secondary N) is 1. The molecule has 3 aromatic carbocycles. The molecule has 0 radical (unpaired) electrons. The van der Waals surface area contributed by atoms with Crippen molar-refractivity contribution < 1.29 is 14.3 Å². The van der Waals surface area contributed by atoms with Crippen LogP contribution >= 0.6 is 0 Å². The number of carbonyl (C=O) groups excluding carboxylic acids is 2. The van der Waals surface area contributed by atoms with Crippen molar-refractivity contribution >= 4 is 17.6 Å². The Hall–Kier alpha value is -3.80. The summed E-state index contributed by atoms with van der Waals surface area (Å²) in [6.45, 7) is 4.39. The highest BCUT2D eigenvalue weighted by Crippen LogP contribution is 2.23. The third kappa shape index (κ3) is 5.52. The first kappa shape index (κ1) is 22.4. The van der Waals surface area contributed by atoms with Gasteiger partial charge in [-0.05, 0) is 54.8 Å². The first-order chi connectivity index (χ1) is 16.0. The number of methoxy groups -OCH3 is 1. The minimum Gasteiger partial charge on any atom is -0.497 e. The molecule has 3 amide bonds. The van der Waals surface area contributed by atoms with E-state index in [1.807, 2.05) is 53.4 Å². The second-order valence-electron chi connectivity index (χ2n) is 8.28.